The Hall–Kier alpha value is -3.19. The highest BCUT2D eigenvalue weighted by molar-refractivity contribution is 6.32. The Morgan fingerprint density at radius 2 is 2.00 bits per heavy atom. The van der Waals surface area contributed by atoms with Crippen LogP contribution < -0.4 is 4.74 Å². The summed E-state index contributed by atoms with van der Waals surface area (Å²) in [6.07, 6.45) is 1.56. The van der Waals surface area contributed by atoms with Gasteiger partial charge in [0, 0.05) is 11.6 Å². The second-order valence-electron chi connectivity index (χ2n) is 5.26. The van der Waals surface area contributed by atoms with Gasteiger partial charge >= 0.3 is 5.97 Å². The molecule has 3 rings (SSSR count). The van der Waals surface area contributed by atoms with Gasteiger partial charge in [-0.3, -0.25) is 10.1 Å². The monoisotopic (exact) mass is 372 g/mol. The zero-order valence-corrected chi connectivity index (χ0v) is 14.4. The molecule has 0 atom stereocenters. The van der Waals surface area contributed by atoms with E-state index in [9.17, 15) is 14.9 Å². The van der Waals surface area contributed by atoms with Gasteiger partial charge in [-0.05, 0) is 42.8 Å². The molecule has 132 valence electrons. The third kappa shape index (κ3) is 3.73. The van der Waals surface area contributed by atoms with Crippen molar-refractivity contribution in [2.75, 3.05) is 6.61 Å². The summed E-state index contributed by atoms with van der Waals surface area (Å²) in [7, 11) is 0. The average Bonchev–Trinajstić information content (AvgIpc) is 2.97. The summed E-state index contributed by atoms with van der Waals surface area (Å²) in [4.78, 5) is 26.5. The topological polar surface area (TPSA) is 91.0 Å². The maximum Gasteiger partial charge on any atom is 0.363 e. The number of aliphatic imine (C=N–C) groups is 1. The molecule has 8 heteroatoms. The molecule has 0 aliphatic carbocycles. The minimum Gasteiger partial charge on any atom is -0.494 e. The van der Waals surface area contributed by atoms with Crippen molar-refractivity contribution in [1.29, 1.82) is 0 Å². The number of nitrogens with zero attached hydrogens (tertiary/aromatic N) is 2. The van der Waals surface area contributed by atoms with Crippen LogP contribution >= 0.6 is 11.6 Å². The SMILES string of the molecule is CCOc1ccc(/C=C2/N=C(c3ccc(Cl)c([N+](=O)[O-])c3)OC2=O)cc1. The number of nitro benzene ring substituents is 1. The molecule has 0 radical (unpaired) electrons. The minimum absolute atomic E-state index is 0.00572. The van der Waals surface area contributed by atoms with E-state index < -0.39 is 10.9 Å². The fourth-order valence-corrected chi connectivity index (χ4v) is 2.49. The number of hydrogen-bond donors (Lipinski definition) is 0. The van der Waals surface area contributed by atoms with Crippen molar-refractivity contribution in [3.8, 4) is 5.75 Å². The van der Waals surface area contributed by atoms with Gasteiger partial charge in [0.15, 0.2) is 5.70 Å². The highest BCUT2D eigenvalue weighted by atomic mass is 35.5. The summed E-state index contributed by atoms with van der Waals surface area (Å²) < 4.78 is 10.5. The minimum atomic E-state index is -0.633. The van der Waals surface area contributed by atoms with E-state index >= 15 is 0 Å². The Kier molecular flexibility index (Phi) is 4.99. The van der Waals surface area contributed by atoms with Gasteiger partial charge in [-0.15, -0.1) is 0 Å². The average molecular weight is 373 g/mol. The van der Waals surface area contributed by atoms with Crippen LogP contribution in [0.3, 0.4) is 0 Å². The first kappa shape index (κ1) is 17.6. The molecular formula is C18H13ClN2O5. The number of ether oxygens (including phenoxy) is 2. The third-order valence-electron chi connectivity index (χ3n) is 3.50. The lowest BCUT2D eigenvalue weighted by atomic mass is 10.2. The number of carbonyl (C=O) groups excluding carboxylic acids is 1. The lowest BCUT2D eigenvalue weighted by Gasteiger charge is -2.02. The van der Waals surface area contributed by atoms with Crippen molar-refractivity contribution in [2.45, 2.75) is 6.92 Å². The maximum atomic E-state index is 12.0. The van der Waals surface area contributed by atoms with Crippen LogP contribution in [0.25, 0.3) is 6.08 Å². The molecule has 1 aliphatic heterocycles. The van der Waals surface area contributed by atoms with Crippen LogP contribution in [0.2, 0.25) is 5.02 Å². The van der Waals surface area contributed by atoms with Gasteiger partial charge in [-0.1, -0.05) is 23.7 Å². The van der Waals surface area contributed by atoms with E-state index in [0.717, 1.165) is 11.3 Å². The summed E-state index contributed by atoms with van der Waals surface area (Å²) >= 11 is 5.79. The lowest BCUT2D eigenvalue weighted by Crippen LogP contribution is -2.06. The number of halogens is 1. The molecule has 2 aromatic rings. The van der Waals surface area contributed by atoms with Crippen molar-refractivity contribution in [1.82, 2.24) is 0 Å². The summed E-state index contributed by atoms with van der Waals surface area (Å²) in [5.41, 5.74) is 0.852. The largest absolute Gasteiger partial charge is 0.494 e. The number of carbonyl (C=O) groups is 1. The van der Waals surface area contributed by atoms with Gasteiger partial charge < -0.3 is 9.47 Å². The zero-order valence-electron chi connectivity index (χ0n) is 13.6. The molecule has 0 amide bonds. The van der Waals surface area contributed by atoms with E-state index in [1.54, 1.807) is 30.3 Å². The highest BCUT2D eigenvalue weighted by Gasteiger charge is 2.26. The van der Waals surface area contributed by atoms with Crippen molar-refractivity contribution >= 4 is 35.2 Å². The summed E-state index contributed by atoms with van der Waals surface area (Å²) in [6, 6.07) is 11.2. The van der Waals surface area contributed by atoms with E-state index in [1.165, 1.54) is 18.2 Å². The van der Waals surface area contributed by atoms with Crippen molar-refractivity contribution in [3.05, 3.63) is 74.4 Å². The predicted molar refractivity (Wildman–Crippen MR) is 96.3 cm³/mol. The summed E-state index contributed by atoms with van der Waals surface area (Å²) in [6.45, 7) is 2.45. The third-order valence-corrected chi connectivity index (χ3v) is 3.82. The van der Waals surface area contributed by atoms with Gasteiger partial charge in [-0.2, -0.15) is 0 Å². The van der Waals surface area contributed by atoms with Crippen LogP contribution in [-0.2, 0) is 9.53 Å². The number of esters is 1. The second-order valence-corrected chi connectivity index (χ2v) is 5.67. The normalized spacial score (nSPS) is 14.9. The molecule has 0 spiro atoms. The first-order valence-corrected chi connectivity index (χ1v) is 8.05. The number of rotatable bonds is 5. The molecule has 0 unspecified atom stereocenters. The molecular weight excluding hydrogens is 360 g/mol. The highest BCUT2D eigenvalue weighted by Crippen LogP contribution is 2.27. The van der Waals surface area contributed by atoms with E-state index in [4.69, 9.17) is 21.1 Å². The molecule has 1 aliphatic rings. The molecule has 0 bridgehead atoms. The number of cyclic esters (lactones) is 1. The Morgan fingerprint density at radius 1 is 1.27 bits per heavy atom. The smallest absolute Gasteiger partial charge is 0.363 e. The predicted octanol–water partition coefficient (Wildman–Crippen LogP) is 3.99. The van der Waals surface area contributed by atoms with E-state index in [1.807, 2.05) is 6.92 Å². The van der Waals surface area contributed by atoms with Gasteiger partial charge in [0.1, 0.15) is 10.8 Å². The number of nitro groups is 1. The van der Waals surface area contributed by atoms with E-state index in [2.05, 4.69) is 4.99 Å². The Morgan fingerprint density at radius 3 is 2.65 bits per heavy atom. The number of benzene rings is 2. The maximum absolute atomic E-state index is 12.0. The van der Waals surface area contributed by atoms with Crippen molar-refractivity contribution in [3.63, 3.8) is 0 Å². The van der Waals surface area contributed by atoms with E-state index in [0.29, 0.717) is 12.2 Å². The molecule has 1 heterocycles. The van der Waals surface area contributed by atoms with Crippen molar-refractivity contribution in [2.24, 2.45) is 4.99 Å². The first-order valence-electron chi connectivity index (χ1n) is 7.67. The molecule has 0 aromatic heterocycles. The fraction of sp³-hybridized carbons (Fsp3) is 0.111. The van der Waals surface area contributed by atoms with Gasteiger partial charge in [0.05, 0.1) is 11.5 Å². The molecule has 0 saturated heterocycles. The van der Waals surface area contributed by atoms with Gasteiger partial charge in [0.25, 0.3) is 5.69 Å². The number of hydrogen-bond acceptors (Lipinski definition) is 6. The van der Waals surface area contributed by atoms with Crippen LogP contribution in [0, 0.1) is 10.1 Å². The summed E-state index contributed by atoms with van der Waals surface area (Å²) in [5.74, 6) is 0.0831. The molecule has 7 nitrogen and oxygen atoms in total. The van der Waals surface area contributed by atoms with Crippen molar-refractivity contribution < 1.29 is 19.2 Å². The summed E-state index contributed by atoms with van der Waals surface area (Å²) in [5, 5.41) is 11.0. The van der Waals surface area contributed by atoms with E-state index in [-0.39, 0.29) is 22.3 Å². The fourth-order valence-electron chi connectivity index (χ4n) is 2.30. The Bertz CT molecular complexity index is 935. The Labute approximate surface area is 153 Å². The molecule has 2 aromatic carbocycles. The second kappa shape index (κ2) is 7.37. The van der Waals surface area contributed by atoms with Crippen LogP contribution in [0.5, 0.6) is 5.75 Å². The van der Waals surface area contributed by atoms with Crippen LogP contribution in [0.1, 0.15) is 18.1 Å². The van der Waals surface area contributed by atoms with Gasteiger partial charge in [0.2, 0.25) is 5.90 Å². The van der Waals surface area contributed by atoms with Crippen LogP contribution in [-0.4, -0.2) is 23.4 Å². The first-order chi connectivity index (χ1) is 12.5. The van der Waals surface area contributed by atoms with Crippen LogP contribution in [0.4, 0.5) is 5.69 Å². The molecule has 0 N–H and O–H groups in total. The quantitative estimate of drug-likeness (QED) is 0.342. The van der Waals surface area contributed by atoms with Crippen LogP contribution in [0.15, 0.2) is 53.2 Å². The standard InChI is InChI=1S/C18H13ClN2O5/c1-2-25-13-6-3-11(4-7-13)9-15-18(22)26-17(20-15)12-5-8-14(19)16(10-12)21(23)24/h3-10H,2H2,1H3/b15-9+. The molecule has 0 saturated carbocycles. The molecule has 0 fully saturated rings. The lowest BCUT2D eigenvalue weighted by molar-refractivity contribution is -0.384. The van der Waals surface area contributed by atoms with Gasteiger partial charge in [-0.25, -0.2) is 9.79 Å². The Balaban J connectivity index is 1.89. The molecule has 26 heavy (non-hydrogen) atoms. The zero-order chi connectivity index (χ0) is 18.7.